The summed E-state index contributed by atoms with van der Waals surface area (Å²) in [6.07, 6.45) is 9.08. The smallest absolute Gasteiger partial charge is 0.0466 e. The Balaban J connectivity index is 2.94. The molecular weight excluding hydrogens is 318 g/mol. The average molecular weight is 362 g/mol. The lowest BCUT2D eigenvalue weighted by Gasteiger charge is -2.07. The minimum Gasteiger partial charge on any atom is -0.382 e. The van der Waals surface area contributed by atoms with Crippen molar-refractivity contribution in [2.24, 2.45) is 0 Å². The highest BCUT2D eigenvalue weighted by Gasteiger charge is 1.94. The van der Waals surface area contributed by atoms with Gasteiger partial charge in [0.1, 0.15) is 0 Å². The Morgan fingerprint density at radius 1 is 0.440 bits per heavy atom. The molecule has 0 aliphatic heterocycles. The normalized spacial score (nSPS) is 11.3. The first-order chi connectivity index (χ1) is 12.4. The van der Waals surface area contributed by atoms with Crippen LogP contribution in [0.3, 0.4) is 0 Å². The van der Waals surface area contributed by atoms with Crippen LogP contribution in [0.4, 0.5) is 0 Å². The van der Waals surface area contributed by atoms with Crippen molar-refractivity contribution in [1.82, 2.24) is 5.32 Å². The zero-order valence-electron chi connectivity index (χ0n) is 16.9. The van der Waals surface area contributed by atoms with Gasteiger partial charge in [-0.15, -0.1) is 0 Å². The quantitative estimate of drug-likeness (QED) is 0.297. The Hall–Kier alpha value is -0.200. The summed E-state index contributed by atoms with van der Waals surface area (Å²) in [6.45, 7) is 13.1. The van der Waals surface area contributed by atoms with Crippen molar-refractivity contribution in [3.63, 3.8) is 0 Å². The summed E-state index contributed by atoms with van der Waals surface area (Å²) in [5.74, 6) is 0. The van der Waals surface area contributed by atoms with Crippen LogP contribution < -0.4 is 5.32 Å². The maximum atomic E-state index is 5.62. The predicted molar refractivity (Wildman–Crippen MR) is 104 cm³/mol. The highest BCUT2D eigenvalue weighted by Crippen LogP contribution is 1.96. The molecule has 0 saturated heterocycles. The van der Waals surface area contributed by atoms with Crippen molar-refractivity contribution in [3.05, 3.63) is 0 Å². The van der Waals surface area contributed by atoms with Gasteiger partial charge in [-0.3, -0.25) is 0 Å². The van der Waals surface area contributed by atoms with Gasteiger partial charge in [0.25, 0.3) is 0 Å². The Bertz CT molecular complexity index is 208. The maximum absolute atomic E-state index is 5.62. The highest BCUT2D eigenvalue weighted by molar-refractivity contribution is 4.50. The van der Waals surface area contributed by atoms with Crippen molar-refractivity contribution < 1.29 is 18.9 Å². The summed E-state index contributed by atoms with van der Waals surface area (Å²) in [4.78, 5) is 0. The molecule has 0 amide bonds. The number of unbranched alkanes of at least 4 members (excludes halogenated alkanes) is 4. The lowest BCUT2D eigenvalue weighted by Crippen LogP contribution is -2.17. The molecule has 0 unspecified atom stereocenters. The van der Waals surface area contributed by atoms with E-state index in [1.165, 1.54) is 12.8 Å². The molecular formula is C20H43NO4. The molecule has 0 atom stereocenters. The fourth-order valence-corrected chi connectivity index (χ4v) is 2.34. The van der Waals surface area contributed by atoms with E-state index in [9.17, 15) is 0 Å². The third kappa shape index (κ3) is 23.8. The minimum atomic E-state index is 0.815. The van der Waals surface area contributed by atoms with Crippen LogP contribution in [-0.4, -0.2) is 65.9 Å². The molecule has 25 heavy (non-hydrogen) atoms. The van der Waals surface area contributed by atoms with E-state index in [2.05, 4.69) is 5.32 Å². The van der Waals surface area contributed by atoms with Gasteiger partial charge in [0.05, 0.1) is 0 Å². The van der Waals surface area contributed by atoms with Crippen molar-refractivity contribution in [2.45, 2.75) is 65.2 Å². The molecule has 0 bridgehead atoms. The third-order valence-corrected chi connectivity index (χ3v) is 3.85. The number of hydrogen-bond acceptors (Lipinski definition) is 5. The second-order valence-electron chi connectivity index (χ2n) is 6.20. The Morgan fingerprint density at radius 2 is 0.760 bits per heavy atom. The zero-order valence-corrected chi connectivity index (χ0v) is 16.9. The lowest BCUT2D eigenvalue weighted by atomic mass is 10.3. The fraction of sp³-hybridized carbons (Fsp3) is 1.00. The van der Waals surface area contributed by atoms with Crippen LogP contribution >= 0.6 is 0 Å². The van der Waals surface area contributed by atoms with Crippen LogP contribution in [0.1, 0.15) is 65.2 Å². The molecule has 0 radical (unpaired) electrons. The SMILES string of the molecule is CCOCCCCOCCCCNCCCCOCCCCOCC. The molecule has 0 spiro atoms. The van der Waals surface area contributed by atoms with Gasteiger partial charge in [0.2, 0.25) is 0 Å². The monoisotopic (exact) mass is 361 g/mol. The first kappa shape index (κ1) is 24.8. The molecule has 5 nitrogen and oxygen atoms in total. The molecule has 5 heteroatoms. The van der Waals surface area contributed by atoms with Gasteiger partial charge in [0, 0.05) is 52.9 Å². The summed E-state index contributed by atoms with van der Waals surface area (Å²) >= 11 is 0. The van der Waals surface area contributed by atoms with E-state index in [1.54, 1.807) is 0 Å². The predicted octanol–water partition coefficient (Wildman–Crippen LogP) is 3.80. The molecule has 0 aromatic carbocycles. The summed E-state index contributed by atoms with van der Waals surface area (Å²) in [7, 11) is 0. The number of rotatable bonds is 22. The molecule has 0 fully saturated rings. The van der Waals surface area contributed by atoms with Crippen LogP contribution in [0, 0.1) is 0 Å². The second-order valence-corrected chi connectivity index (χ2v) is 6.20. The van der Waals surface area contributed by atoms with E-state index >= 15 is 0 Å². The third-order valence-electron chi connectivity index (χ3n) is 3.85. The van der Waals surface area contributed by atoms with Crippen LogP contribution in [-0.2, 0) is 18.9 Å². The van der Waals surface area contributed by atoms with Gasteiger partial charge < -0.3 is 24.3 Å². The van der Waals surface area contributed by atoms with Crippen molar-refractivity contribution >= 4 is 0 Å². The molecule has 0 aromatic rings. The van der Waals surface area contributed by atoms with Crippen LogP contribution in [0.25, 0.3) is 0 Å². The summed E-state index contributed by atoms with van der Waals surface area (Å²) < 4.78 is 21.8. The largest absolute Gasteiger partial charge is 0.382 e. The molecule has 0 heterocycles. The summed E-state index contributed by atoms with van der Waals surface area (Å²) in [6, 6.07) is 0. The standard InChI is InChI=1S/C20H43NO4/c1-3-22-15-9-11-19-24-17-7-5-13-21-14-6-8-18-25-20-12-10-16-23-4-2/h21H,3-20H2,1-2H3. The Labute approximate surface area is 156 Å². The van der Waals surface area contributed by atoms with Gasteiger partial charge in [-0.05, 0) is 78.3 Å². The van der Waals surface area contributed by atoms with E-state index in [0.29, 0.717) is 0 Å². The fourth-order valence-electron chi connectivity index (χ4n) is 2.34. The summed E-state index contributed by atoms with van der Waals surface area (Å²) in [5.41, 5.74) is 0. The van der Waals surface area contributed by atoms with Gasteiger partial charge in [0.15, 0.2) is 0 Å². The first-order valence-corrected chi connectivity index (χ1v) is 10.4. The van der Waals surface area contributed by atoms with Crippen LogP contribution in [0.5, 0.6) is 0 Å². The molecule has 0 rings (SSSR count). The molecule has 152 valence electrons. The number of hydrogen-bond donors (Lipinski definition) is 1. The minimum absolute atomic E-state index is 0.815. The van der Waals surface area contributed by atoms with E-state index < -0.39 is 0 Å². The van der Waals surface area contributed by atoms with E-state index in [-0.39, 0.29) is 0 Å². The van der Waals surface area contributed by atoms with Gasteiger partial charge in [-0.2, -0.15) is 0 Å². The van der Waals surface area contributed by atoms with E-state index in [0.717, 1.165) is 104 Å². The van der Waals surface area contributed by atoms with Gasteiger partial charge in [-0.1, -0.05) is 0 Å². The molecule has 0 aromatic heterocycles. The lowest BCUT2D eigenvalue weighted by molar-refractivity contribution is 0.105. The van der Waals surface area contributed by atoms with Crippen LogP contribution in [0.15, 0.2) is 0 Å². The Kier molecular flexibility index (Phi) is 23.6. The number of nitrogens with one attached hydrogen (secondary N) is 1. The molecule has 1 N–H and O–H groups in total. The molecule has 0 aliphatic rings. The topological polar surface area (TPSA) is 49.0 Å². The van der Waals surface area contributed by atoms with Crippen molar-refractivity contribution in [2.75, 3.05) is 65.9 Å². The molecule has 0 saturated carbocycles. The highest BCUT2D eigenvalue weighted by atomic mass is 16.5. The first-order valence-electron chi connectivity index (χ1n) is 10.4. The number of ether oxygens (including phenoxy) is 4. The van der Waals surface area contributed by atoms with E-state index in [1.807, 2.05) is 13.8 Å². The zero-order chi connectivity index (χ0) is 18.3. The van der Waals surface area contributed by atoms with Crippen LogP contribution in [0.2, 0.25) is 0 Å². The second kappa shape index (κ2) is 23.8. The van der Waals surface area contributed by atoms with Crippen molar-refractivity contribution in [3.8, 4) is 0 Å². The van der Waals surface area contributed by atoms with E-state index in [4.69, 9.17) is 18.9 Å². The maximum Gasteiger partial charge on any atom is 0.0466 e. The van der Waals surface area contributed by atoms with Gasteiger partial charge in [-0.25, -0.2) is 0 Å². The molecule has 0 aliphatic carbocycles. The summed E-state index contributed by atoms with van der Waals surface area (Å²) in [5, 5.41) is 3.49. The average Bonchev–Trinajstić information content (AvgIpc) is 2.63. The Morgan fingerprint density at radius 3 is 1.12 bits per heavy atom. The van der Waals surface area contributed by atoms with Gasteiger partial charge >= 0.3 is 0 Å². The van der Waals surface area contributed by atoms with Crippen molar-refractivity contribution in [1.29, 1.82) is 0 Å².